The van der Waals surface area contributed by atoms with E-state index in [1.807, 2.05) is 6.92 Å². The lowest BCUT2D eigenvalue weighted by Gasteiger charge is -2.04. The SMILES string of the molecule is C[C@H]1C[C@@]1(Cl)C(Cl)=C(Cl)Cl. The number of hydrogen-bond donors (Lipinski definition) is 0. The summed E-state index contributed by atoms with van der Waals surface area (Å²) in [5.74, 6) is 0.383. The molecule has 0 aliphatic heterocycles. The van der Waals surface area contributed by atoms with Gasteiger partial charge >= 0.3 is 0 Å². The summed E-state index contributed by atoms with van der Waals surface area (Å²) >= 11 is 22.6. The maximum absolute atomic E-state index is 5.98. The van der Waals surface area contributed by atoms with Crippen molar-refractivity contribution in [3.8, 4) is 0 Å². The molecule has 0 saturated heterocycles. The normalized spacial score (nSPS) is 37.5. The van der Waals surface area contributed by atoms with E-state index in [0.29, 0.717) is 11.0 Å². The van der Waals surface area contributed by atoms with Gasteiger partial charge in [0.1, 0.15) is 4.49 Å². The summed E-state index contributed by atoms with van der Waals surface area (Å²) in [6.07, 6.45) is 0.857. The molecule has 58 valence electrons. The van der Waals surface area contributed by atoms with Crippen molar-refractivity contribution < 1.29 is 0 Å². The maximum Gasteiger partial charge on any atom is 0.123 e. The van der Waals surface area contributed by atoms with Gasteiger partial charge in [0.2, 0.25) is 0 Å². The Balaban J connectivity index is 2.77. The lowest BCUT2D eigenvalue weighted by molar-refractivity contribution is 0.914. The van der Waals surface area contributed by atoms with Crippen LogP contribution in [0.2, 0.25) is 0 Å². The molecule has 1 rings (SSSR count). The number of hydrogen-bond acceptors (Lipinski definition) is 0. The molecule has 4 heteroatoms. The monoisotopic (exact) mass is 218 g/mol. The van der Waals surface area contributed by atoms with E-state index in [1.54, 1.807) is 0 Å². The summed E-state index contributed by atoms with van der Waals surface area (Å²) in [6.45, 7) is 2.01. The van der Waals surface area contributed by atoms with Crippen molar-refractivity contribution in [1.82, 2.24) is 0 Å². The van der Waals surface area contributed by atoms with E-state index in [9.17, 15) is 0 Å². The van der Waals surface area contributed by atoms with Gasteiger partial charge < -0.3 is 0 Å². The number of rotatable bonds is 1. The van der Waals surface area contributed by atoms with Crippen LogP contribution in [0.25, 0.3) is 0 Å². The first-order valence-electron chi connectivity index (χ1n) is 2.88. The van der Waals surface area contributed by atoms with Gasteiger partial charge in [0.15, 0.2) is 0 Å². The second-order valence-corrected chi connectivity index (χ2v) is 4.54. The van der Waals surface area contributed by atoms with Gasteiger partial charge in [-0.15, -0.1) is 11.6 Å². The van der Waals surface area contributed by atoms with Gasteiger partial charge in [-0.05, 0) is 12.3 Å². The third-order valence-corrected chi connectivity index (χ3v) is 3.67. The summed E-state index contributed by atoms with van der Waals surface area (Å²) in [5.41, 5.74) is 0. The van der Waals surface area contributed by atoms with E-state index >= 15 is 0 Å². The fourth-order valence-corrected chi connectivity index (χ4v) is 1.87. The zero-order chi connectivity index (χ0) is 7.94. The van der Waals surface area contributed by atoms with Crippen LogP contribution in [-0.2, 0) is 0 Å². The number of halogens is 4. The summed E-state index contributed by atoms with van der Waals surface area (Å²) in [7, 11) is 0. The molecule has 0 N–H and O–H groups in total. The Kier molecular flexibility index (Phi) is 2.47. The highest BCUT2D eigenvalue weighted by molar-refractivity contribution is 6.60. The van der Waals surface area contributed by atoms with Crippen molar-refractivity contribution in [3.05, 3.63) is 9.52 Å². The molecule has 0 aromatic rings. The molecule has 0 unspecified atom stereocenters. The van der Waals surface area contributed by atoms with Gasteiger partial charge in [0.25, 0.3) is 0 Å². The summed E-state index contributed by atoms with van der Waals surface area (Å²) in [4.78, 5) is -0.458. The van der Waals surface area contributed by atoms with Gasteiger partial charge in [-0.25, -0.2) is 0 Å². The molecule has 0 bridgehead atoms. The van der Waals surface area contributed by atoms with Crippen LogP contribution in [0.15, 0.2) is 9.52 Å². The highest BCUT2D eigenvalue weighted by Crippen LogP contribution is 2.57. The van der Waals surface area contributed by atoms with Crippen molar-refractivity contribution in [2.45, 2.75) is 18.2 Å². The molecule has 0 nitrogen and oxygen atoms in total. The highest BCUT2D eigenvalue weighted by atomic mass is 35.5. The van der Waals surface area contributed by atoms with Crippen LogP contribution in [0, 0.1) is 5.92 Å². The Morgan fingerprint density at radius 3 is 1.90 bits per heavy atom. The molecule has 0 amide bonds. The molecule has 0 aromatic carbocycles. The first-order chi connectivity index (χ1) is 4.48. The Morgan fingerprint density at radius 1 is 1.40 bits per heavy atom. The minimum absolute atomic E-state index is 0.0843. The number of allylic oxidation sites excluding steroid dienone is 1. The molecule has 2 atom stereocenters. The molecule has 1 fully saturated rings. The first kappa shape index (κ1) is 8.99. The predicted octanol–water partition coefficient (Wildman–Crippen LogP) is 3.89. The van der Waals surface area contributed by atoms with Crippen LogP contribution in [0.4, 0.5) is 0 Å². The molecule has 1 saturated carbocycles. The summed E-state index contributed by atoms with van der Waals surface area (Å²) in [6, 6.07) is 0. The average molecular weight is 220 g/mol. The van der Waals surface area contributed by atoms with Crippen LogP contribution in [0.1, 0.15) is 13.3 Å². The minimum atomic E-state index is -0.458. The predicted molar refractivity (Wildman–Crippen MR) is 47.0 cm³/mol. The lowest BCUT2D eigenvalue weighted by atomic mass is 10.3. The Bertz CT molecular complexity index is 182. The second kappa shape index (κ2) is 2.75. The summed E-state index contributed by atoms with van der Waals surface area (Å²) in [5, 5.41) is 0.380. The van der Waals surface area contributed by atoms with Crippen molar-refractivity contribution in [2.75, 3.05) is 0 Å². The van der Waals surface area contributed by atoms with Gasteiger partial charge in [0, 0.05) is 0 Å². The van der Waals surface area contributed by atoms with Crippen LogP contribution in [0.5, 0.6) is 0 Å². The van der Waals surface area contributed by atoms with Gasteiger partial charge in [-0.3, -0.25) is 0 Å². The van der Waals surface area contributed by atoms with E-state index < -0.39 is 4.87 Å². The zero-order valence-electron chi connectivity index (χ0n) is 5.30. The van der Waals surface area contributed by atoms with E-state index in [2.05, 4.69) is 0 Å². The van der Waals surface area contributed by atoms with Gasteiger partial charge in [0.05, 0.1) is 9.91 Å². The molecule has 0 radical (unpaired) electrons. The summed E-state index contributed by atoms with van der Waals surface area (Å²) < 4.78 is 0.0843. The van der Waals surface area contributed by atoms with Gasteiger partial charge in [-0.2, -0.15) is 0 Å². The first-order valence-corrected chi connectivity index (χ1v) is 4.40. The molecule has 0 aromatic heterocycles. The molecule has 0 heterocycles. The van der Waals surface area contributed by atoms with Crippen LogP contribution in [-0.4, -0.2) is 4.87 Å². The topological polar surface area (TPSA) is 0 Å². The zero-order valence-corrected chi connectivity index (χ0v) is 8.32. The third kappa shape index (κ3) is 1.40. The lowest BCUT2D eigenvalue weighted by Crippen LogP contribution is -2.00. The third-order valence-electron chi connectivity index (χ3n) is 1.76. The van der Waals surface area contributed by atoms with Crippen molar-refractivity contribution in [3.63, 3.8) is 0 Å². The smallest absolute Gasteiger partial charge is 0.113 e. The molecular weight excluding hydrogens is 214 g/mol. The standard InChI is InChI=1S/C6H6Cl4/c1-3-2-6(3,10)4(7)5(8)9/h3H,2H2,1H3/t3-,6-/m0/s1. The molecule has 1 aliphatic rings. The number of alkyl halides is 1. The Hall–Kier alpha value is 0.900. The maximum atomic E-state index is 5.98. The minimum Gasteiger partial charge on any atom is -0.113 e. The Labute approximate surface area is 80.1 Å². The van der Waals surface area contributed by atoms with Crippen LogP contribution in [0.3, 0.4) is 0 Å². The van der Waals surface area contributed by atoms with E-state index in [0.717, 1.165) is 6.42 Å². The molecule has 0 spiro atoms. The van der Waals surface area contributed by atoms with E-state index in [-0.39, 0.29) is 4.49 Å². The van der Waals surface area contributed by atoms with Crippen molar-refractivity contribution in [1.29, 1.82) is 0 Å². The van der Waals surface area contributed by atoms with Crippen LogP contribution < -0.4 is 0 Å². The average Bonchev–Trinajstić information content (AvgIpc) is 2.41. The fourth-order valence-electron chi connectivity index (χ4n) is 0.850. The molecule has 10 heavy (non-hydrogen) atoms. The van der Waals surface area contributed by atoms with Crippen molar-refractivity contribution >= 4 is 46.4 Å². The van der Waals surface area contributed by atoms with Gasteiger partial charge in [-0.1, -0.05) is 41.7 Å². The van der Waals surface area contributed by atoms with E-state index in [4.69, 9.17) is 46.4 Å². The Morgan fingerprint density at radius 2 is 1.80 bits per heavy atom. The highest BCUT2D eigenvalue weighted by Gasteiger charge is 2.53. The largest absolute Gasteiger partial charge is 0.123 e. The molecule has 1 aliphatic carbocycles. The van der Waals surface area contributed by atoms with E-state index in [1.165, 1.54) is 0 Å². The second-order valence-electron chi connectivity index (χ2n) is 2.54. The quantitative estimate of drug-likeness (QED) is 0.588. The van der Waals surface area contributed by atoms with Crippen LogP contribution >= 0.6 is 46.4 Å². The fraction of sp³-hybridized carbons (Fsp3) is 0.667. The molecular formula is C6H6Cl4. The van der Waals surface area contributed by atoms with Crippen molar-refractivity contribution in [2.24, 2.45) is 5.92 Å².